The van der Waals surface area contributed by atoms with Crippen LogP contribution >= 0.6 is 0 Å². The van der Waals surface area contributed by atoms with Gasteiger partial charge in [-0.3, -0.25) is 14.4 Å². The lowest BCUT2D eigenvalue weighted by molar-refractivity contribution is -0.265. The molecule has 2 saturated heterocycles. The average molecular weight is 870 g/mol. The Morgan fingerprint density at radius 3 is 2.32 bits per heavy atom. The Labute approximate surface area is 373 Å². The number of unbranched alkanes of at least 4 members (excludes halogenated alkanes) is 4. The van der Waals surface area contributed by atoms with E-state index in [-0.39, 0.29) is 68.0 Å². The van der Waals surface area contributed by atoms with Crippen molar-refractivity contribution in [3.63, 3.8) is 0 Å². The Kier molecular flexibility index (Phi) is 21.5. The van der Waals surface area contributed by atoms with Gasteiger partial charge < -0.3 is 34.4 Å². The third-order valence-electron chi connectivity index (χ3n) is 14.3. The highest BCUT2D eigenvalue weighted by Crippen LogP contribution is 2.37. The number of piperidine rings is 1. The van der Waals surface area contributed by atoms with Gasteiger partial charge in [0.1, 0.15) is 17.9 Å². The number of Topliss-reactive ketones (excluding diaryl/α,β-unsaturated/α-hetero) is 2. The fourth-order valence-corrected chi connectivity index (χ4v) is 10.1. The molecule has 0 spiro atoms. The van der Waals surface area contributed by atoms with Gasteiger partial charge in [0.15, 0.2) is 0 Å². The Hall–Kier alpha value is -2.70. The zero-order chi connectivity index (χ0) is 45.4. The van der Waals surface area contributed by atoms with Crippen molar-refractivity contribution < 1.29 is 48.7 Å². The average Bonchev–Trinajstić information content (AvgIpc) is 3.24. The van der Waals surface area contributed by atoms with Gasteiger partial charge in [0.05, 0.1) is 30.5 Å². The number of carbonyl (C=O) groups excluding carboxylic acids is 4. The number of carbonyl (C=O) groups is 4. The Morgan fingerprint density at radius 1 is 0.871 bits per heavy atom. The molecule has 3 aliphatic heterocycles. The molecule has 4 rings (SSSR count). The monoisotopic (exact) mass is 870 g/mol. The van der Waals surface area contributed by atoms with Gasteiger partial charge >= 0.3 is 5.97 Å². The zero-order valence-electron chi connectivity index (χ0n) is 39.3. The predicted molar refractivity (Wildman–Crippen MR) is 242 cm³/mol. The number of ether oxygens (including phenoxy) is 3. The van der Waals surface area contributed by atoms with E-state index in [0.29, 0.717) is 43.6 Å². The highest BCUT2D eigenvalue weighted by atomic mass is 16.6. The van der Waals surface area contributed by atoms with Gasteiger partial charge in [-0.05, 0) is 114 Å². The van der Waals surface area contributed by atoms with E-state index in [1.54, 1.807) is 19.9 Å². The normalized spacial score (nSPS) is 35.3. The molecule has 1 amide bonds. The number of nitrogens with zero attached hydrogens (tertiary/aromatic N) is 1. The van der Waals surface area contributed by atoms with Crippen LogP contribution in [-0.4, -0.2) is 98.7 Å². The quantitative estimate of drug-likeness (QED) is 0.104. The number of aliphatic hydroxyl groups is 3. The topological polar surface area (TPSA) is 160 Å². The Bertz CT molecular complexity index is 1520. The minimum Gasteiger partial charge on any atom is -0.460 e. The van der Waals surface area contributed by atoms with E-state index in [1.165, 1.54) is 37.0 Å². The van der Waals surface area contributed by atoms with Gasteiger partial charge in [0.25, 0.3) is 11.7 Å². The van der Waals surface area contributed by atoms with Gasteiger partial charge in [-0.25, -0.2) is 4.79 Å². The molecule has 3 heterocycles. The second-order valence-corrected chi connectivity index (χ2v) is 19.8. The molecular formula is C51H83NO10. The van der Waals surface area contributed by atoms with Gasteiger partial charge in [-0.1, -0.05) is 97.1 Å². The maximum atomic E-state index is 14.3. The standard InChI is InChI=1S/C51H83NO10/c1-8-9-10-11-15-20-39(7)60-42-26-23-40(24-27-42)30-37(5)47-32-41(53)31-45(54)36(4)29-34(2)18-13-12-14-19-35(3)46(55)33-43-25-22-38(6)51(59,62-43)48(56)49(57)52-28-17-16-21-44(52)50(58)61-47/h12-14,18-19,34,36-44,46-47,53,55,59H,8-11,15-17,20-33H2,1-7H3. The maximum Gasteiger partial charge on any atom is 0.329 e. The first-order valence-corrected chi connectivity index (χ1v) is 24.5. The van der Waals surface area contributed by atoms with Crippen molar-refractivity contribution in [3.8, 4) is 0 Å². The highest BCUT2D eigenvalue weighted by molar-refractivity contribution is 6.39. The summed E-state index contributed by atoms with van der Waals surface area (Å²) in [4.78, 5) is 57.1. The fourth-order valence-electron chi connectivity index (χ4n) is 10.1. The van der Waals surface area contributed by atoms with Crippen LogP contribution in [0.25, 0.3) is 0 Å². The van der Waals surface area contributed by atoms with Crippen LogP contribution in [0, 0.1) is 29.6 Å². The van der Waals surface area contributed by atoms with Crippen LogP contribution in [0.3, 0.4) is 0 Å². The molecule has 4 aliphatic rings. The van der Waals surface area contributed by atoms with Crippen LogP contribution in [0.4, 0.5) is 0 Å². The molecule has 62 heavy (non-hydrogen) atoms. The summed E-state index contributed by atoms with van der Waals surface area (Å²) in [6.07, 6.45) is 21.7. The summed E-state index contributed by atoms with van der Waals surface area (Å²) >= 11 is 0. The van der Waals surface area contributed by atoms with Gasteiger partial charge in [0, 0.05) is 37.6 Å². The smallest absolute Gasteiger partial charge is 0.329 e. The van der Waals surface area contributed by atoms with Crippen LogP contribution < -0.4 is 0 Å². The number of rotatable bonds is 11. The number of fused-ring (bicyclic) bond motifs is 3. The molecule has 1 aliphatic carbocycles. The summed E-state index contributed by atoms with van der Waals surface area (Å²) in [5.74, 6) is -5.90. The van der Waals surface area contributed by atoms with E-state index in [1.807, 2.05) is 45.1 Å². The van der Waals surface area contributed by atoms with E-state index in [2.05, 4.69) is 13.8 Å². The third-order valence-corrected chi connectivity index (χ3v) is 14.3. The van der Waals surface area contributed by atoms with Gasteiger partial charge in [-0.15, -0.1) is 0 Å². The molecule has 0 aromatic carbocycles. The SMILES string of the molecule is CCCCCCCC(C)OC1CCC(CC(C)C2CC(O)CC(=O)C(C)CC(C)C=CC=CC=C(C)C(O)CC3CCC(C)C(O)(O3)C(=O)C(=O)N3CCCCC3C(=O)O2)CC1. The number of amides is 1. The molecule has 0 aromatic rings. The Balaban J connectivity index is 1.52. The molecule has 0 radical (unpaired) electrons. The van der Waals surface area contributed by atoms with Crippen LogP contribution in [0.5, 0.6) is 0 Å². The van der Waals surface area contributed by atoms with Crippen molar-refractivity contribution in [1.29, 1.82) is 0 Å². The number of ketones is 2. The number of allylic oxidation sites excluding steroid dienone is 5. The number of hydrogen-bond donors (Lipinski definition) is 3. The summed E-state index contributed by atoms with van der Waals surface area (Å²) in [5.41, 5.74) is 0.673. The Morgan fingerprint density at radius 2 is 1.60 bits per heavy atom. The lowest BCUT2D eigenvalue weighted by Gasteiger charge is -2.42. The first kappa shape index (κ1) is 51.9. The van der Waals surface area contributed by atoms with Crippen molar-refractivity contribution in [3.05, 3.63) is 36.0 Å². The van der Waals surface area contributed by atoms with Crippen LogP contribution in [0.1, 0.15) is 177 Å². The summed E-state index contributed by atoms with van der Waals surface area (Å²) in [5, 5.41) is 34.3. The van der Waals surface area contributed by atoms with Crippen molar-refractivity contribution in [1.82, 2.24) is 4.90 Å². The molecule has 352 valence electrons. The van der Waals surface area contributed by atoms with Crippen molar-refractivity contribution in [2.75, 3.05) is 6.54 Å². The van der Waals surface area contributed by atoms with E-state index in [9.17, 15) is 34.5 Å². The molecule has 11 unspecified atom stereocenters. The van der Waals surface area contributed by atoms with Crippen molar-refractivity contribution in [2.24, 2.45) is 29.6 Å². The number of aliphatic hydroxyl groups excluding tert-OH is 2. The maximum absolute atomic E-state index is 14.3. The lowest BCUT2D eigenvalue weighted by atomic mass is 9.79. The molecule has 11 heteroatoms. The molecule has 0 aromatic heterocycles. The fraction of sp³-hybridized carbons (Fsp3) is 0.804. The van der Waals surface area contributed by atoms with Crippen molar-refractivity contribution in [2.45, 2.75) is 225 Å². The van der Waals surface area contributed by atoms with Crippen LogP contribution in [0.15, 0.2) is 36.0 Å². The molecule has 3 fully saturated rings. The molecule has 3 N–H and O–H groups in total. The van der Waals surface area contributed by atoms with E-state index in [0.717, 1.165) is 38.5 Å². The molecule has 11 nitrogen and oxygen atoms in total. The van der Waals surface area contributed by atoms with Gasteiger partial charge in [-0.2, -0.15) is 0 Å². The summed E-state index contributed by atoms with van der Waals surface area (Å²) in [7, 11) is 0. The predicted octanol–water partition coefficient (Wildman–Crippen LogP) is 8.90. The number of hydrogen-bond acceptors (Lipinski definition) is 10. The number of esters is 1. The number of cyclic esters (lactones) is 1. The molecule has 11 atom stereocenters. The van der Waals surface area contributed by atoms with E-state index >= 15 is 0 Å². The summed E-state index contributed by atoms with van der Waals surface area (Å²) < 4.78 is 18.8. The first-order chi connectivity index (χ1) is 29.5. The lowest BCUT2D eigenvalue weighted by Crippen LogP contribution is -2.61. The third kappa shape index (κ3) is 15.8. The van der Waals surface area contributed by atoms with Crippen LogP contribution in [-0.2, 0) is 33.4 Å². The molecule has 1 saturated carbocycles. The van der Waals surface area contributed by atoms with Crippen molar-refractivity contribution >= 4 is 23.4 Å². The minimum atomic E-state index is -2.42. The first-order valence-electron chi connectivity index (χ1n) is 24.5. The summed E-state index contributed by atoms with van der Waals surface area (Å²) in [6, 6.07) is -1.06. The second kappa shape index (κ2) is 25.7. The zero-order valence-corrected chi connectivity index (χ0v) is 39.3. The van der Waals surface area contributed by atoms with E-state index in [4.69, 9.17) is 14.2 Å². The van der Waals surface area contributed by atoms with Crippen LogP contribution in [0.2, 0.25) is 0 Å². The second-order valence-electron chi connectivity index (χ2n) is 19.8. The molecule has 2 bridgehead atoms. The largest absolute Gasteiger partial charge is 0.460 e. The van der Waals surface area contributed by atoms with Gasteiger partial charge in [0.2, 0.25) is 5.79 Å². The minimum absolute atomic E-state index is 0.0558. The highest BCUT2D eigenvalue weighted by Gasteiger charge is 2.53. The molecular weight excluding hydrogens is 787 g/mol. The van der Waals surface area contributed by atoms with E-state index < -0.39 is 59.8 Å². The summed E-state index contributed by atoms with van der Waals surface area (Å²) in [6.45, 7) is 14.0.